The van der Waals surface area contributed by atoms with Gasteiger partial charge in [-0.1, -0.05) is 97.1 Å². The zero-order valence-corrected chi connectivity index (χ0v) is 18.0. The molecule has 0 aliphatic heterocycles. The SMILES string of the molecule is CCN(C(=O)COC(=O)C(c1ccccc1)c1ccccc1)c1cccc2ccccc12. The van der Waals surface area contributed by atoms with Gasteiger partial charge in [0.05, 0.1) is 5.69 Å². The molecule has 4 aromatic carbocycles. The number of carbonyl (C=O) groups is 2. The number of hydrogen-bond donors (Lipinski definition) is 0. The lowest BCUT2D eigenvalue weighted by molar-refractivity contribution is -0.148. The normalized spacial score (nSPS) is 10.8. The highest BCUT2D eigenvalue weighted by atomic mass is 16.5. The second kappa shape index (κ2) is 9.92. The summed E-state index contributed by atoms with van der Waals surface area (Å²) in [6.45, 7) is 2.08. The maximum absolute atomic E-state index is 13.1. The highest BCUT2D eigenvalue weighted by Gasteiger charge is 2.26. The summed E-state index contributed by atoms with van der Waals surface area (Å²) in [5.41, 5.74) is 2.48. The molecular weight excluding hydrogens is 398 g/mol. The topological polar surface area (TPSA) is 46.6 Å². The zero-order chi connectivity index (χ0) is 22.3. The summed E-state index contributed by atoms with van der Waals surface area (Å²) >= 11 is 0. The highest BCUT2D eigenvalue weighted by molar-refractivity contribution is 6.04. The molecule has 0 heterocycles. The zero-order valence-electron chi connectivity index (χ0n) is 18.0. The van der Waals surface area contributed by atoms with E-state index in [1.807, 2.05) is 110 Å². The van der Waals surface area contributed by atoms with Crippen molar-refractivity contribution >= 4 is 28.3 Å². The minimum Gasteiger partial charge on any atom is -0.455 e. The van der Waals surface area contributed by atoms with Crippen LogP contribution in [0, 0.1) is 0 Å². The molecule has 0 atom stereocenters. The van der Waals surface area contributed by atoms with Gasteiger partial charge in [-0.25, -0.2) is 0 Å². The summed E-state index contributed by atoms with van der Waals surface area (Å²) in [4.78, 5) is 27.8. The Bertz CT molecular complexity index is 1160. The number of rotatable bonds is 7. The third-order valence-corrected chi connectivity index (χ3v) is 5.51. The number of anilines is 1. The van der Waals surface area contributed by atoms with Gasteiger partial charge in [0.2, 0.25) is 0 Å². The Morgan fingerprint density at radius 1 is 0.750 bits per heavy atom. The summed E-state index contributed by atoms with van der Waals surface area (Å²) < 4.78 is 5.56. The van der Waals surface area contributed by atoms with Gasteiger partial charge in [-0.15, -0.1) is 0 Å². The number of ether oxygens (including phenoxy) is 1. The first kappa shape index (κ1) is 21.3. The van der Waals surface area contributed by atoms with Crippen LogP contribution in [-0.2, 0) is 14.3 Å². The van der Waals surface area contributed by atoms with E-state index in [4.69, 9.17) is 4.74 Å². The van der Waals surface area contributed by atoms with Gasteiger partial charge < -0.3 is 9.64 Å². The van der Waals surface area contributed by atoms with Gasteiger partial charge in [-0.05, 0) is 29.5 Å². The van der Waals surface area contributed by atoms with E-state index in [-0.39, 0.29) is 12.5 Å². The molecular formula is C28H25NO3. The van der Waals surface area contributed by atoms with Crippen LogP contribution in [0.1, 0.15) is 24.0 Å². The third-order valence-electron chi connectivity index (χ3n) is 5.51. The van der Waals surface area contributed by atoms with E-state index >= 15 is 0 Å². The molecule has 0 aliphatic carbocycles. The second-order valence-corrected chi connectivity index (χ2v) is 7.50. The number of hydrogen-bond acceptors (Lipinski definition) is 3. The van der Waals surface area contributed by atoms with Crippen LogP contribution < -0.4 is 4.90 Å². The van der Waals surface area contributed by atoms with Crippen molar-refractivity contribution in [2.24, 2.45) is 0 Å². The van der Waals surface area contributed by atoms with E-state index < -0.39 is 11.9 Å². The van der Waals surface area contributed by atoms with E-state index in [0.717, 1.165) is 27.6 Å². The van der Waals surface area contributed by atoms with Gasteiger partial charge >= 0.3 is 5.97 Å². The minimum atomic E-state index is -0.585. The number of nitrogens with zero attached hydrogens (tertiary/aromatic N) is 1. The van der Waals surface area contributed by atoms with E-state index in [9.17, 15) is 9.59 Å². The molecule has 4 nitrogen and oxygen atoms in total. The van der Waals surface area contributed by atoms with Crippen molar-refractivity contribution in [1.29, 1.82) is 0 Å². The summed E-state index contributed by atoms with van der Waals surface area (Å²) in [7, 11) is 0. The van der Waals surface area contributed by atoms with Crippen molar-refractivity contribution in [2.45, 2.75) is 12.8 Å². The van der Waals surface area contributed by atoms with Gasteiger partial charge in [0.25, 0.3) is 5.91 Å². The van der Waals surface area contributed by atoms with Crippen molar-refractivity contribution in [3.63, 3.8) is 0 Å². The van der Waals surface area contributed by atoms with Gasteiger partial charge in [0.1, 0.15) is 5.92 Å². The van der Waals surface area contributed by atoms with Crippen LogP contribution in [0.4, 0.5) is 5.69 Å². The number of amides is 1. The minimum absolute atomic E-state index is 0.253. The Hall–Kier alpha value is -3.92. The molecule has 0 fully saturated rings. The van der Waals surface area contributed by atoms with Crippen LogP contribution >= 0.6 is 0 Å². The first-order valence-corrected chi connectivity index (χ1v) is 10.7. The maximum Gasteiger partial charge on any atom is 0.318 e. The Morgan fingerprint density at radius 2 is 1.31 bits per heavy atom. The highest BCUT2D eigenvalue weighted by Crippen LogP contribution is 2.28. The number of benzene rings is 4. The molecule has 0 radical (unpaired) electrons. The van der Waals surface area contributed by atoms with Crippen LogP contribution in [0.15, 0.2) is 103 Å². The Kier molecular flexibility index (Phi) is 6.61. The third kappa shape index (κ3) is 4.54. The smallest absolute Gasteiger partial charge is 0.318 e. The lowest BCUT2D eigenvalue weighted by atomic mass is 9.91. The molecule has 0 N–H and O–H groups in total. The molecule has 0 saturated heterocycles. The Morgan fingerprint density at radius 3 is 1.94 bits per heavy atom. The predicted octanol–water partition coefficient (Wildman–Crippen LogP) is 5.57. The lowest BCUT2D eigenvalue weighted by Crippen LogP contribution is -2.35. The summed E-state index contributed by atoms with van der Waals surface area (Å²) in [5, 5.41) is 2.05. The van der Waals surface area contributed by atoms with Crippen LogP contribution in [0.25, 0.3) is 10.8 Å². The predicted molar refractivity (Wildman–Crippen MR) is 128 cm³/mol. The first-order chi connectivity index (χ1) is 15.7. The number of carbonyl (C=O) groups excluding carboxylic acids is 2. The molecule has 0 aliphatic rings. The quantitative estimate of drug-likeness (QED) is 0.365. The van der Waals surface area contributed by atoms with E-state index in [0.29, 0.717) is 6.54 Å². The number of fused-ring (bicyclic) bond motifs is 1. The lowest BCUT2D eigenvalue weighted by Gasteiger charge is -2.23. The van der Waals surface area contributed by atoms with Crippen LogP contribution in [0.2, 0.25) is 0 Å². The molecule has 32 heavy (non-hydrogen) atoms. The van der Waals surface area contributed by atoms with Crippen molar-refractivity contribution in [3.05, 3.63) is 114 Å². The molecule has 0 bridgehead atoms. The largest absolute Gasteiger partial charge is 0.455 e. The number of esters is 1. The molecule has 0 saturated carbocycles. The standard InChI is InChI=1S/C28H25NO3/c1-2-29(25-19-11-17-21-12-9-10-18-24(21)25)26(30)20-32-28(31)27(22-13-5-3-6-14-22)23-15-7-4-8-16-23/h3-19,27H,2,20H2,1H3. The van der Waals surface area contributed by atoms with E-state index in [1.165, 1.54) is 0 Å². The fourth-order valence-corrected chi connectivity index (χ4v) is 3.97. The van der Waals surface area contributed by atoms with Gasteiger partial charge in [-0.2, -0.15) is 0 Å². The van der Waals surface area contributed by atoms with Crippen molar-refractivity contribution in [3.8, 4) is 0 Å². The van der Waals surface area contributed by atoms with Crippen molar-refractivity contribution in [1.82, 2.24) is 0 Å². The second-order valence-electron chi connectivity index (χ2n) is 7.50. The monoisotopic (exact) mass is 423 g/mol. The maximum atomic E-state index is 13.1. The fourth-order valence-electron chi connectivity index (χ4n) is 3.97. The van der Waals surface area contributed by atoms with E-state index in [2.05, 4.69) is 0 Å². The molecule has 0 aromatic heterocycles. The summed E-state index contributed by atoms with van der Waals surface area (Å²) in [6, 6.07) is 32.8. The molecule has 1 amide bonds. The van der Waals surface area contributed by atoms with Crippen LogP contribution in [0.5, 0.6) is 0 Å². The Balaban J connectivity index is 1.54. The van der Waals surface area contributed by atoms with Crippen molar-refractivity contribution in [2.75, 3.05) is 18.1 Å². The first-order valence-electron chi connectivity index (χ1n) is 10.7. The van der Waals surface area contributed by atoms with Crippen LogP contribution in [-0.4, -0.2) is 25.0 Å². The summed E-state index contributed by atoms with van der Waals surface area (Å²) in [6.07, 6.45) is 0. The molecule has 0 spiro atoms. The molecule has 4 rings (SSSR count). The van der Waals surface area contributed by atoms with E-state index in [1.54, 1.807) is 4.90 Å². The molecule has 4 heteroatoms. The molecule has 160 valence electrons. The summed E-state index contributed by atoms with van der Waals surface area (Å²) in [5.74, 6) is -1.28. The average Bonchev–Trinajstić information content (AvgIpc) is 2.85. The Labute approximate surface area is 188 Å². The van der Waals surface area contributed by atoms with Gasteiger partial charge in [-0.3, -0.25) is 9.59 Å². The molecule has 0 unspecified atom stereocenters. The van der Waals surface area contributed by atoms with Gasteiger partial charge in [0, 0.05) is 11.9 Å². The van der Waals surface area contributed by atoms with Gasteiger partial charge in [0.15, 0.2) is 6.61 Å². The molecule has 4 aromatic rings. The van der Waals surface area contributed by atoms with Crippen molar-refractivity contribution < 1.29 is 14.3 Å². The fraction of sp³-hybridized carbons (Fsp3) is 0.143. The number of likely N-dealkylation sites (N-methyl/N-ethyl adjacent to an activating group) is 1. The van der Waals surface area contributed by atoms with Crippen LogP contribution in [0.3, 0.4) is 0 Å². The average molecular weight is 424 g/mol.